The van der Waals surface area contributed by atoms with E-state index in [2.05, 4.69) is 36.9 Å². The summed E-state index contributed by atoms with van der Waals surface area (Å²) in [7, 11) is 0. The molecule has 0 spiro atoms. The van der Waals surface area contributed by atoms with E-state index in [4.69, 9.17) is 4.74 Å². The topological polar surface area (TPSA) is 54.4 Å². The normalized spacial score (nSPS) is 21.7. The van der Waals surface area contributed by atoms with Crippen LogP contribution < -0.4 is 9.80 Å². The first-order chi connectivity index (χ1) is 11.4. The molecule has 2 aliphatic rings. The number of anilines is 2. The molecule has 2 aromatic heterocycles. The Hall–Kier alpha value is -2.21. The van der Waals surface area contributed by atoms with Crippen molar-refractivity contribution in [1.29, 1.82) is 0 Å². The van der Waals surface area contributed by atoms with Crippen molar-refractivity contribution in [2.24, 2.45) is 0 Å². The molecule has 6 heteroatoms. The Morgan fingerprint density at radius 2 is 1.78 bits per heavy atom. The van der Waals surface area contributed by atoms with Gasteiger partial charge < -0.3 is 14.5 Å². The Bertz CT molecular complexity index is 636. The van der Waals surface area contributed by atoms with Crippen molar-refractivity contribution in [2.75, 3.05) is 49.2 Å². The Morgan fingerprint density at radius 1 is 0.957 bits per heavy atom. The van der Waals surface area contributed by atoms with E-state index >= 15 is 0 Å². The van der Waals surface area contributed by atoms with E-state index in [0.717, 1.165) is 63.1 Å². The molecule has 0 amide bonds. The third-order valence-corrected chi connectivity index (χ3v) is 4.60. The molecule has 0 saturated carbocycles. The average molecular weight is 311 g/mol. The highest BCUT2D eigenvalue weighted by atomic mass is 16.5. The summed E-state index contributed by atoms with van der Waals surface area (Å²) in [6.45, 7) is 5.45. The van der Waals surface area contributed by atoms with Gasteiger partial charge in [0.1, 0.15) is 18.0 Å². The minimum absolute atomic E-state index is 0.423. The summed E-state index contributed by atoms with van der Waals surface area (Å²) in [5.41, 5.74) is 1.11. The molecular weight excluding hydrogens is 290 g/mol. The average Bonchev–Trinajstić information content (AvgIpc) is 3.18. The van der Waals surface area contributed by atoms with Crippen molar-refractivity contribution in [1.82, 2.24) is 15.0 Å². The number of ether oxygens (including phenoxy) is 1. The summed E-state index contributed by atoms with van der Waals surface area (Å²) in [5, 5.41) is 0. The molecule has 23 heavy (non-hydrogen) atoms. The van der Waals surface area contributed by atoms with Crippen molar-refractivity contribution in [3.63, 3.8) is 0 Å². The monoisotopic (exact) mass is 311 g/mol. The van der Waals surface area contributed by atoms with Crippen molar-refractivity contribution >= 4 is 11.6 Å². The number of rotatable bonds is 3. The van der Waals surface area contributed by atoms with Gasteiger partial charge in [-0.1, -0.05) is 6.07 Å². The van der Waals surface area contributed by atoms with Gasteiger partial charge in [-0.2, -0.15) is 0 Å². The molecule has 2 aliphatic heterocycles. The van der Waals surface area contributed by atoms with Gasteiger partial charge in [0.25, 0.3) is 0 Å². The number of hydrogen-bond acceptors (Lipinski definition) is 6. The van der Waals surface area contributed by atoms with Crippen LogP contribution in [0.15, 0.2) is 36.8 Å². The van der Waals surface area contributed by atoms with E-state index in [9.17, 15) is 0 Å². The highest BCUT2D eigenvalue weighted by Crippen LogP contribution is 2.26. The van der Waals surface area contributed by atoms with Crippen LogP contribution in [0.3, 0.4) is 0 Å². The fourth-order valence-electron chi connectivity index (χ4n) is 3.23. The van der Waals surface area contributed by atoms with E-state index in [1.54, 1.807) is 6.33 Å². The Kier molecular flexibility index (Phi) is 4.06. The number of piperazine rings is 1. The second kappa shape index (κ2) is 6.50. The molecule has 1 atom stereocenters. The SMILES string of the molecule is c1ccc(N2CCN(c3cc(C4CCOC4)ncn3)CC2)nc1. The van der Waals surface area contributed by atoms with Crippen molar-refractivity contribution < 1.29 is 4.74 Å². The molecule has 120 valence electrons. The Balaban J connectivity index is 1.43. The molecule has 0 N–H and O–H groups in total. The van der Waals surface area contributed by atoms with Gasteiger partial charge in [0.15, 0.2) is 0 Å². The predicted octanol–water partition coefficient (Wildman–Crippen LogP) is 1.70. The number of nitrogens with zero attached hydrogens (tertiary/aromatic N) is 5. The van der Waals surface area contributed by atoms with Gasteiger partial charge in [0.2, 0.25) is 0 Å². The lowest BCUT2D eigenvalue weighted by atomic mass is 10.0. The van der Waals surface area contributed by atoms with E-state index in [1.165, 1.54) is 0 Å². The molecule has 0 aromatic carbocycles. The van der Waals surface area contributed by atoms with Gasteiger partial charge >= 0.3 is 0 Å². The lowest BCUT2D eigenvalue weighted by Crippen LogP contribution is -2.47. The lowest BCUT2D eigenvalue weighted by molar-refractivity contribution is 0.193. The first-order valence-electron chi connectivity index (χ1n) is 8.21. The van der Waals surface area contributed by atoms with Crippen molar-refractivity contribution in [3.05, 3.63) is 42.5 Å². The number of aromatic nitrogens is 3. The molecule has 4 rings (SSSR count). The standard InChI is InChI=1S/C17H21N5O/c1-2-5-18-16(3-1)21-6-8-22(9-7-21)17-11-15(19-13-20-17)14-4-10-23-12-14/h1-3,5,11,13-14H,4,6-10,12H2. The molecule has 2 saturated heterocycles. The van der Waals surface area contributed by atoms with E-state index in [0.29, 0.717) is 5.92 Å². The van der Waals surface area contributed by atoms with Gasteiger partial charge in [-0.05, 0) is 18.6 Å². The number of hydrogen-bond donors (Lipinski definition) is 0. The van der Waals surface area contributed by atoms with Crippen LogP contribution in [-0.4, -0.2) is 54.3 Å². The van der Waals surface area contributed by atoms with Crippen LogP contribution in [0.4, 0.5) is 11.6 Å². The summed E-state index contributed by atoms with van der Waals surface area (Å²) in [6.07, 6.45) is 4.60. The van der Waals surface area contributed by atoms with E-state index in [1.807, 2.05) is 18.3 Å². The molecule has 2 aromatic rings. The smallest absolute Gasteiger partial charge is 0.132 e. The predicted molar refractivity (Wildman–Crippen MR) is 88.9 cm³/mol. The second-order valence-corrected chi connectivity index (χ2v) is 6.02. The largest absolute Gasteiger partial charge is 0.381 e. The first kappa shape index (κ1) is 14.4. The van der Waals surface area contributed by atoms with Gasteiger partial charge in [0.05, 0.1) is 12.3 Å². The summed E-state index contributed by atoms with van der Waals surface area (Å²) < 4.78 is 5.47. The number of pyridine rings is 1. The van der Waals surface area contributed by atoms with Crippen LogP contribution in [-0.2, 0) is 4.74 Å². The van der Waals surface area contributed by atoms with Crippen LogP contribution in [0.5, 0.6) is 0 Å². The molecule has 0 radical (unpaired) electrons. The highest BCUT2D eigenvalue weighted by Gasteiger charge is 2.22. The van der Waals surface area contributed by atoms with Crippen LogP contribution in [0.25, 0.3) is 0 Å². The zero-order valence-electron chi connectivity index (χ0n) is 13.1. The third-order valence-electron chi connectivity index (χ3n) is 4.60. The molecule has 2 fully saturated rings. The van der Waals surface area contributed by atoms with Gasteiger partial charge in [-0.3, -0.25) is 0 Å². The summed E-state index contributed by atoms with van der Waals surface area (Å²) in [5.74, 6) is 2.51. The maximum absolute atomic E-state index is 5.47. The van der Waals surface area contributed by atoms with Crippen LogP contribution >= 0.6 is 0 Å². The lowest BCUT2D eigenvalue weighted by Gasteiger charge is -2.36. The summed E-state index contributed by atoms with van der Waals surface area (Å²) >= 11 is 0. The van der Waals surface area contributed by atoms with Crippen LogP contribution in [0.1, 0.15) is 18.0 Å². The molecule has 0 bridgehead atoms. The van der Waals surface area contributed by atoms with E-state index in [-0.39, 0.29) is 0 Å². The highest BCUT2D eigenvalue weighted by molar-refractivity contribution is 5.45. The first-order valence-corrected chi connectivity index (χ1v) is 8.21. The van der Waals surface area contributed by atoms with Gasteiger partial charge in [-0.15, -0.1) is 0 Å². The Labute approximate surface area is 136 Å². The summed E-state index contributed by atoms with van der Waals surface area (Å²) in [4.78, 5) is 18.0. The minimum atomic E-state index is 0.423. The third kappa shape index (κ3) is 3.12. The maximum atomic E-state index is 5.47. The van der Waals surface area contributed by atoms with Crippen molar-refractivity contribution in [2.45, 2.75) is 12.3 Å². The van der Waals surface area contributed by atoms with Gasteiger partial charge in [0, 0.05) is 51.0 Å². The zero-order chi connectivity index (χ0) is 15.5. The van der Waals surface area contributed by atoms with E-state index < -0.39 is 0 Å². The van der Waals surface area contributed by atoms with Crippen LogP contribution in [0, 0.1) is 0 Å². The molecule has 0 aliphatic carbocycles. The van der Waals surface area contributed by atoms with Gasteiger partial charge in [-0.25, -0.2) is 15.0 Å². The zero-order valence-corrected chi connectivity index (χ0v) is 13.1. The molecule has 4 heterocycles. The maximum Gasteiger partial charge on any atom is 0.132 e. The fourth-order valence-corrected chi connectivity index (χ4v) is 3.23. The summed E-state index contributed by atoms with van der Waals surface area (Å²) in [6, 6.07) is 8.19. The molecule has 6 nitrogen and oxygen atoms in total. The fraction of sp³-hybridized carbons (Fsp3) is 0.471. The molecular formula is C17H21N5O. The minimum Gasteiger partial charge on any atom is -0.381 e. The van der Waals surface area contributed by atoms with Crippen molar-refractivity contribution in [3.8, 4) is 0 Å². The quantitative estimate of drug-likeness (QED) is 0.860. The molecule has 1 unspecified atom stereocenters. The Morgan fingerprint density at radius 3 is 2.48 bits per heavy atom. The second-order valence-electron chi connectivity index (χ2n) is 6.02. The van der Waals surface area contributed by atoms with Crippen LogP contribution in [0.2, 0.25) is 0 Å².